The molecule has 1 saturated heterocycles. The summed E-state index contributed by atoms with van der Waals surface area (Å²) in [5.74, 6) is 0.819. The summed E-state index contributed by atoms with van der Waals surface area (Å²) in [5, 5.41) is 3.65. The van der Waals surface area contributed by atoms with Gasteiger partial charge in [-0.25, -0.2) is 0 Å². The molecule has 0 aromatic heterocycles. The van der Waals surface area contributed by atoms with Crippen LogP contribution in [0, 0.1) is 11.3 Å². The second-order valence-corrected chi connectivity index (χ2v) is 5.05. The average molecular weight is 199 g/mol. The highest BCUT2D eigenvalue weighted by Gasteiger charge is 2.33. The van der Waals surface area contributed by atoms with E-state index >= 15 is 0 Å². The van der Waals surface area contributed by atoms with E-state index in [2.05, 4.69) is 33.0 Å². The fourth-order valence-electron chi connectivity index (χ4n) is 2.12. The van der Waals surface area contributed by atoms with E-state index in [4.69, 9.17) is 4.74 Å². The second-order valence-electron chi connectivity index (χ2n) is 5.05. The summed E-state index contributed by atoms with van der Waals surface area (Å²) < 4.78 is 5.24. The van der Waals surface area contributed by atoms with Crippen LogP contribution >= 0.6 is 0 Å². The first kappa shape index (κ1) is 12.0. The summed E-state index contributed by atoms with van der Waals surface area (Å²) in [6.07, 6.45) is 2.55. The van der Waals surface area contributed by atoms with E-state index in [9.17, 15) is 0 Å². The Morgan fingerprint density at radius 2 is 1.86 bits per heavy atom. The van der Waals surface area contributed by atoms with E-state index in [-0.39, 0.29) is 0 Å². The van der Waals surface area contributed by atoms with Gasteiger partial charge in [0.2, 0.25) is 0 Å². The molecule has 0 aliphatic carbocycles. The molecule has 0 amide bonds. The smallest absolute Gasteiger partial charge is 0.0554 e. The van der Waals surface area contributed by atoms with E-state index in [1.165, 1.54) is 12.8 Å². The summed E-state index contributed by atoms with van der Waals surface area (Å²) in [6, 6.07) is 0.641. The second kappa shape index (κ2) is 5.13. The molecule has 0 aromatic carbocycles. The minimum atomic E-state index is 0.403. The van der Waals surface area contributed by atoms with Gasteiger partial charge >= 0.3 is 0 Å². The lowest BCUT2D eigenvalue weighted by molar-refractivity contribution is -0.100. The lowest BCUT2D eigenvalue weighted by atomic mass is 9.87. The predicted octanol–water partition coefficient (Wildman–Crippen LogP) is 2.44. The first-order valence-electron chi connectivity index (χ1n) is 5.92. The summed E-state index contributed by atoms with van der Waals surface area (Å²) in [4.78, 5) is 0. The minimum Gasteiger partial charge on any atom is -0.380 e. The average Bonchev–Trinajstić information content (AvgIpc) is 2.13. The molecule has 1 fully saturated rings. The molecule has 0 spiro atoms. The van der Waals surface area contributed by atoms with Crippen molar-refractivity contribution in [3.05, 3.63) is 0 Å². The summed E-state index contributed by atoms with van der Waals surface area (Å²) in [6.45, 7) is 12.1. The number of ether oxygens (including phenoxy) is 1. The molecule has 1 heterocycles. The van der Waals surface area contributed by atoms with Crippen molar-refractivity contribution in [1.29, 1.82) is 0 Å². The third kappa shape index (κ3) is 2.96. The molecule has 1 rings (SSSR count). The summed E-state index contributed by atoms with van der Waals surface area (Å²) in [5.41, 5.74) is 0.403. The van der Waals surface area contributed by atoms with Gasteiger partial charge in [-0.05, 0) is 12.8 Å². The number of hydrogen-bond donors (Lipinski definition) is 1. The predicted molar refractivity (Wildman–Crippen MR) is 60.5 cm³/mol. The van der Waals surface area contributed by atoms with Gasteiger partial charge in [0.1, 0.15) is 0 Å². The van der Waals surface area contributed by atoms with Gasteiger partial charge < -0.3 is 10.1 Å². The molecule has 2 nitrogen and oxygen atoms in total. The molecular formula is C12H25NO. The van der Waals surface area contributed by atoms with Crippen LogP contribution in [0.3, 0.4) is 0 Å². The fraction of sp³-hybridized carbons (Fsp3) is 1.00. The Balaban J connectivity index is 2.22. The molecule has 0 saturated carbocycles. The van der Waals surface area contributed by atoms with Gasteiger partial charge in [-0.15, -0.1) is 0 Å². The van der Waals surface area contributed by atoms with E-state index < -0.39 is 0 Å². The molecule has 14 heavy (non-hydrogen) atoms. The Bertz CT molecular complexity index is 162. The monoisotopic (exact) mass is 199 g/mol. The first-order valence-corrected chi connectivity index (χ1v) is 5.92. The van der Waals surface area contributed by atoms with Crippen LogP contribution in [0.25, 0.3) is 0 Å². The molecule has 1 unspecified atom stereocenters. The largest absolute Gasteiger partial charge is 0.380 e. The molecule has 1 N–H and O–H groups in total. The quantitative estimate of drug-likeness (QED) is 0.709. The maximum Gasteiger partial charge on any atom is 0.0554 e. The zero-order chi connectivity index (χ0) is 10.6. The van der Waals surface area contributed by atoms with Gasteiger partial charge in [0.05, 0.1) is 13.2 Å². The van der Waals surface area contributed by atoms with Gasteiger partial charge in [0.15, 0.2) is 0 Å². The topological polar surface area (TPSA) is 21.3 Å². The SMILES string of the molecule is CCC(CC)C(C)NCC1(C)COC1. The van der Waals surface area contributed by atoms with Crippen molar-refractivity contribution in [3.63, 3.8) is 0 Å². The lowest BCUT2D eigenvalue weighted by Gasteiger charge is -2.39. The third-order valence-corrected chi connectivity index (χ3v) is 3.51. The molecule has 0 bridgehead atoms. The molecule has 84 valence electrons. The van der Waals surface area contributed by atoms with Gasteiger partial charge in [0, 0.05) is 18.0 Å². The Hall–Kier alpha value is -0.0800. The number of hydrogen-bond acceptors (Lipinski definition) is 2. The molecule has 0 aromatic rings. The van der Waals surface area contributed by atoms with Crippen LogP contribution in [-0.2, 0) is 4.74 Å². The molecule has 0 radical (unpaired) electrons. The van der Waals surface area contributed by atoms with E-state index in [0.29, 0.717) is 11.5 Å². The van der Waals surface area contributed by atoms with Crippen molar-refractivity contribution >= 4 is 0 Å². The van der Waals surface area contributed by atoms with Crippen LogP contribution in [0.2, 0.25) is 0 Å². The van der Waals surface area contributed by atoms with Crippen molar-refractivity contribution in [3.8, 4) is 0 Å². The highest BCUT2D eigenvalue weighted by molar-refractivity contribution is 4.84. The van der Waals surface area contributed by atoms with Crippen molar-refractivity contribution in [2.24, 2.45) is 11.3 Å². The number of nitrogens with one attached hydrogen (secondary N) is 1. The molecule has 1 aliphatic heterocycles. The Kier molecular flexibility index (Phi) is 4.39. The van der Waals surface area contributed by atoms with Gasteiger partial charge in [-0.2, -0.15) is 0 Å². The van der Waals surface area contributed by atoms with Crippen LogP contribution in [-0.4, -0.2) is 25.8 Å². The van der Waals surface area contributed by atoms with E-state index in [0.717, 1.165) is 25.7 Å². The standard InChI is InChI=1S/C12H25NO/c1-5-11(6-2)10(3)13-7-12(4)8-14-9-12/h10-11,13H,5-9H2,1-4H3. The Labute approximate surface area is 88.4 Å². The Morgan fingerprint density at radius 3 is 2.21 bits per heavy atom. The van der Waals surface area contributed by atoms with Crippen molar-refractivity contribution in [2.45, 2.75) is 46.6 Å². The molecule has 2 heteroatoms. The van der Waals surface area contributed by atoms with Crippen molar-refractivity contribution in [2.75, 3.05) is 19.8 Å². The Morgan fingerprint density at radius 1 is 1.29 bits per heavy atom. The maximum atomic E-state index is 5.24. The van der Waals surface area contributed by atoms with Gasteiger partial charge in [-0.1, -0.05) is 33.6 Å². The van der Waals surface area contributed by atoms with Crippen LogP contribution in [0.5, 0.6) is 0 Å². The minimum absolute atomic E-state index is 0.403. The van der Waals surface area contributed by atoms with Gasteiger partial charge in [0.25, 0.3) is 0 Å². The van der Waals surface area contributed by atoms with Crippen LogP contribution in [0.15, 0.2) is 0 Å². The van der Waals surface area contributed by atoms with Crippen molar-refractivity contribution < 1.29 is 4.74 Å². The maximum absolute atomic E-state index is 5.24. The first-order chi connectivity index (χ1) is 6.61. The lowest BCUT2D eigenvalue weighted by Crippen LogP contribution is -2.50. The van der Waals surface area contributed by atoms with E-state index in [1.54, 1.807) is 0 Å². The molecule has 1 aliphatic rings. The van der Waals surface area contributed by atoms with Crippen LogP contribution < -0.4 is 5.32 Å². The molecular weight excluding hydrogens is 174 g/mol. The zero-order valence-electron chi connectivity index (χ0n) is 10.1. The normalized spacial score (nSPS) is 22.1. The summed E-state index contributed by atoms with van der Waals surface area (Å²) in [7, 11) is 0. The van der Waals surface area contributed by atoms with Crippen molar-refractivity contribution in [1.82, 2.24) is 5.32 Å². The highest BCUT2D eigenvalue weighted by Crippen LogP contribution is 2.25. The fourth-order valence-corrected chi connectivity index (χ4v) is 2.12. The highest BCUT2D eigenvalue weighted by atomic mass is 16.5. The van der Waals surface area contributed by atoms with Gasteiger partial charge in [-0.3, -0.25) is 0 Å². The van der Waals surface area contributed by atoms with Crippen LogP contribution in [0.4, 0.5) is 0 Å². The molecule has 1 atom stereocenters. The third-order valence-electron chi connectivity index (χ3n) is 3.51. The number of rotatable bonds is 6. The summed E-state index contributed by atoms with van der Waals surface area (Å²) >= 11 is 0. The van der Waals surface area contributed by atoms with E-state index in [1.807, 2.05) is 0 Å². The zero-order valence-corrected chi connectivity index (χ0v) is 10.1. The van der Waals surface area contributed by atoms with Crippen LogP contribution in [0.1, 0.15) is 40.5 Å².